The largest absolute Gasteiger partial charge is 0.435 e. The molecule has 2 aromatic carbocycles. The summed E-state index contributed by atoms with van der Waals surface area (Å²) in [6.45, 7) is -1.08. The predicted molar refractivity (Wildman–Crippen MR) is 93.0 cm³/mol. The predicted octanol–water partition coefficient (Wildman–Crippen LogP) is 4.32. The molecule has 3 rings (SSSR count). The third-order valence-electron chi connectivity index (χ3n) is 3.72. The number of ether oxygens (including phenoxy) is 1. The smallest absolute Gasteiger partial charge is 0.387 e. The van der Waals surface area contributed by atoms with Gasteiger partial charge in [-0.25, -0.2) is 4.98 Å². The van der Waals surface area contributed by atoms with E-state index in [2.05, 4.69) is 15.0 Å². The average molecular weight is 362 g/mol. The number of rotatable bonds is 6. The summed E-state index contributed by atoms with van der Waals surface area (Å²) in [4.78, 5) is 16.5. The number of benzene rings is 2. The standard InChI is InChI=1S/C18H16F2N2O2S/c1-11(13-3-2-4-14(9-13)24-18(19)20)22-17(23)8-12-5-6-15-16(7-12)25-10-21-15/h2-7,9-11,18H,8H2,1H3,(H,22,23). The molecule has 0 aliphatic carbocycles. The zero-order chi connectivity index (χ0) is 17.8. The molecule has 1 heterocycles. The fourth-order valence-electron chi connectivity index (χ4n) is 2.53. The Morgan fingerprint density at radius 2 is 2.12 bits per heavy atom. The van der Waals surface area contributed by atoms with Crippen molar-refractivity contribution >= 4 is 27.5 Å². The second-order valence-electron chi connectivity index (χ2n) is 5.57. The fourth-order valence-corrected chi connectivity index (χ4v) is 3.27. The Balaban J connectivity index is 1.63. The number of carbonyl (C=O) groups is 1. The van der Waals surface area contributed by atoms with Gasteiger partial charge in [0, 0.05) is 0 Å². The molecule has 1 unspecified atom stereocenters. The van der Waals surface area contributed by atoms with Gasteiger partial charge in [0.15, 0.2) is 0 Å². The molecular weight excluding hydrogens is 346 g/mol. The van der Waals surface area contributed by atoms with Crippen molar-refractivity contribution in [3.63, 3.8) is 0 Å². The number of carbonyl (C=O) groups excluding carboxylic acids is 1. The first-order valence-electron chi connectivity index (χ1n) is 7.67. The number of alkyl halides is 2. The molecule has 0 spiro atoms. The highest BCUT2D eigenvalue weighted by atomic mass is 32.1. The van der Waals surface area contributed by atoms with Crippen molar-refractivity contribution in [2.24, 2.45) is 0 Å². The van der Waals surface area contributed by atoms with E-state index in [9.17, 15) is 13.6 Å². The molecule has 1 aromatic heterocycles. The van der Waals surface area contributed by atoms with Gasteiger partial charge in [0.1, 0.15) is 5.75 Å². The molecule has 130 valence electrons. The second kappa shape index (κ2) is 7.57. The van der Waals surface area contributed by atoms with Gasteiger partial charge in [-0.15, -0.1) is 11.3 Å². The summed E-state index contributed by atoms with van der Waals surface area (Å²) in [5, 5.41) is 2.87. The van der Waals surface area contributed by atoms with Crippen LogP contribution in [0.5, 0.6) is 5.75 Å². The Morgan fingerprint density at radius 3 is 2.92 bits per heavy atom. The van der Waals surface area contributed by atoms with Gasteiger partial charge >= 0.3 is 6.61 Å². The van der Waals surface area contributed by atoms with Crippen molar-refractivity contribution in [3.05, 3.63) is 59.1 Å². The molecule has 4 nitrogen and oxygen atoms in total. The summed E-state index contributed by atoms with van der Waals surface area (Å²) in [6, 6.07) is 11.7. The van der Waals surface area contributed by atoms with Gasteiger partial charge in [-0.3, -0.25) is 4.79 Å². The Bertz CT molecular complexity index is 882. The summed E-state index contributed by atoms with van der Waals surface area (Å²) < 4.78 is 30.0. The topological polar surface area (TPSA) is 51.2 Å². The van der Waals surface area contributed by atoms with Crippen LogP contribution in [0, 0.1) is 0 Å². The molecule has 1 amide bonds. The van der Waals surface area contributed by atoms with E-state index in [1.54, 1.807) is 24.6 Å². The Labute approximate surface area is 147 Å². The lowest BCUT2D eigenvalue weighted by Gasteiger charge is -2.15. The third-order valence-corrected chi connectivity index (χ3v) is 4.51. The van der Waals surface area contributed by atoms with Crippen LogP contribution < -0.4 is 10.1 Å². The van der Waals surface area contributed by atoms with Crippen LogP contribution in [0.25, 0.3) is 10.2 Å². The lowest BCUT2D eigenvalue weighted by Crippen LogP contribution is -2.28. The summed E-state index contributed by atoms with van der Waals surface area (Å²) in [6.07, 6.45) is 0.241. The van der Waals surface area contributed by atoms with Crippen LogP contribution in [0.3, 0.4) is 0 Å². The number of fused-ring (bicyclic) bond motifs is 1. The zero-order valence-corrected chi connectivity index (χ0v) is 14.2. The molecule has 1 N–H and O–H groups in total. The molecule has 7 heteroatoms. The Hall–Kier alpha value is -2.54. The number of nitrogens with one attached hydrogen (secondary N) is 1. The summed E-state index contributed by atoms with van der Waals surface area (Å²) in [5.41, 5.74) is 4.28. The van der Waals surface area contributed by atoms with Crippen LogP contribution in [0.15, 0.2) is 48.0 Å². The minimum atomic E-state index is -2.87. The molecule has 1 atom stereocenters. The fraction of sp³-hybridized carbons (Fsp3) is 0.222. The summed E-state index contributed by atoms with van der Waals surface area (Å²) in [5.74, 6) is -0.0687. The summed E-state index contributed by atoms with van der Waals surface area (Å²) in [7, 11) is 0. The van der Waals surface area contributed by atoms with Gasteiger partial charge in [0.2, 0.25) is 5.91 Å². The van der Waals surface area contributed by atoms with Crippen molar-refractivity contribution in [1.82, 2.24) is 10.3 Å². The highest BCUT2D eigenvalue weighted by Crippen LogP contribution is 2.22. The monoisotopic (exact) mass is 362 g/mol. The number of amides is 1. The molecule has 0 saturated heterocycles. The molecular formula is C18H16F2N2O2S. The zero-order valence-electron chi connectivity index (χ0n) is 13.4. The van der Waals surface area contributed by atoms with Crippen LogP contribution >= 0.6 is 11.3 Å². The van der Waals surface area contributed by atoms with E-state index in [1.165, 1.54) is 23.5 Å². The maximum Gasteiger partial charge on any atom is 0.387 e. The Kier molecular flexibility index (Phi) is 5.23. The highest BCUT2D eigenvalue weighted by Gasteiger charge is 2.12. The van der Waals surface area contributed by atoms with Crippen molar-refractivity contribution in [2.75, 3.05) is 0 Å². The maximum absolute atomic E-state index is 12.3. The van der Waals surface area contributed by atoms with Crippen LogP contribution in [-0.2, 0) is 11.2 Å². The van der Waals surface area contributed by atoms with Gasteiger partial charge in [-0.2, -0.15) is 8.78 Å². The number of aromatic nitrogens is 1. The molecule has 25 heavy (non-hydrogen) atoms. The molecule has 0 fully saturated rings. The van der Waals surface area contributed by atoms with E-state index < -0.39 is 6.61 Å². The van der Waals surface area contributed by atoms with E-state index >= 15 is 0 Å². The van der Waals surface area contributed by atoms with Crippen molar-refractivity contribution in [1.29, 1.82) is 0 Å². The SMILES string of the molecule is CC(NC(=O)Cc1ccc2ncsc2c1)c1cccc(OC(F)F)c1. The first kappa shape index (κ1) is 17.3. The quantitative estimate of drug-likeness (QED) is 0.711. The van der Waals surface area contributed by atoms with Crippen molar-refractivity contribution < 1.29 is 18.3 Å². The van der Waals surface area contributed by atoms with Crippen molar-refractivity contribution in [2.45, 2.75) is 26.0 Å². The van der Waals surface area contributed by atoms with Crippen LogP contribution in [0.4, 0.5) is 8.78 Å². The minimum absolute atomic E-state index is 0.0734. The number of halogens is 2. The maximum atomic E-state index is 12.3. The first-order chi connectivity index (χ1) is 12.0. The normalized spacial score (nSPS) is 12.3. The molecule has 3 aromatic rings. The van der Waals surface area contributed by atoms with E-state index in [0.717, 1.165) is 15.8 Å². The number of thiazole rings is 1. The Morgan fingerprint density at radius 1 is 1.28 bits per heavy atom. The number of hydrogen-bond donors (Lipinski definition) is 1. The highest BCUT2D eigenvalue weighted by molar-refractivity contribution is 7.16. The average Bonchev–Trinajstić information content (AvgIpc) is 3.02. The van der Waals surface area contributed by atoms with E-state index in [-0.39, 0.29) is 24.1 Å². The first-order valence-corrected chi connectivity index (χ1v) is 8.55. The van der Waals surface area contributed by atoms with E-state index in [1.807, 2.05) is 18.2 Å². The minimum Gasteiger partial charge on any atom is -0.435 e. The molecule has 0 bridgehead atoms. The molecule has 0 saturated carbocycles. The number of nitrogens with zero attached hydrogens (tertiary/aromatic N) is 1. The second-order valence-corrected chi connectivity index (χ2v) is 6.46. The van der Waals surface area contributed by atoms with Gasteiger partial charge in [-0.05, 0) is 42.3 Å². The van der Waals surface area contributed by atoms with Crippen LogP contribution in [0.2, 0.25) is 0 Å². The number of hydrogen-bond acceptors (Lipinski definition) is 4. The lowest BCUT2D eigenvalue weighted by molar-refractivity contribution is -0.121. The van der Waals surface area contributed by atoms with Gasteiger partial charge in [0.05, 0.1) is 28.2 Å². The van der Waals surface area contributed by atoms with Crippen LogP contribution in [0.1, 0.15) is 24.1 Å². The summed E-state index contributed by atoms with van der Waals surface area (Å²) >= 11 is 1.53. The van der Waals surface area contributed by atoms with E-state index in [0.29, 0.717) is 5.56 Å². The van der Waals surface area contributed by atoms with Crippen molar-refractivity contribution in [3.8, 4) is 5.75 Å². The van der Waals surface area contributed by atoms with Gasteiger partial charge < -0.3 is 10.1 Å². The molecule has 0 radical (unpaired) electrons. The lowest BCUT2D eigenvalue weighted by atomic mass is 10.1. The van der Waals surface area contributed by atoms with Gasteiger partial charge in [0.25, 0.3) is 0 Å². The van der Waals surface area contributed by atoms with Crippen LogP contribution in [-0.4, -0.2) is 17.5 Å². The third kappa shape index (κ3) is 4.51. The molecule has 0 aliphatic heterocycles. The van der Waals surface area contributed by atoms with Gasteiger partial charge in [-0.1, -0.05) is 18.2 Å². The van der Waals surface area contributed by atoms with E-state index in [4.69, 9.17) is 0 Å². The molecule has 0 aliphatic rings.